The van der Waals surface area contributed by atoms with E-state index in [-0.39, 0.29) is 28.6 Å². The second-order valence-corrected chi connectivity index (χ2v) is 14.6. The van der Waals surface area contributed by atoms with E-state index in [2.05, 4.69) is 5.32 Å². The maximum atomic E-state index is 14.2. The summed E-state index contributed by atoms with van der Waals surface area (Å²) in [5.41, 5.74) is 7.67. The number of anilines is 2. The summed E-state index contributed by atoms with van der Waals surface area (Å²) in [5.74, 6) is -1.60. The number of carbonyl (C=O) groups excluding carboxylic acids is 4. The molecule has 14 heteroatoms. The van der Waals surface area contributed by atoms with E-state index in [0.29, 0.717) is 24.3 Å². The van der Waals surface area contributed by atoms with Gasteiger partial charge in [0.15, 0.2) is 0 Å². The first kappa shape index (κ1) is 39.6. The minimum atomic E-state index is -1.15. The van der Waals surface area contributed by atoms with Crippen molar-refractivity contribution in [3.63, 3.8) is 0 Å². The number of epoxide rings is 1. The predicted molar refractivity (Wildman–Crippen MR) is 200 cm³/mol. The number of benzene rings is 2. The maximum absolute atomic E-state index is 14.2. The second-order valence-electron chi connectivity index (χ2n) is 14.2. The van der Waals surface area contributed by atoms with Crippen LogP contribution in [0.4, 0.5) is 16.2 Å². The summed E-state index contributed by atoms with van der Waals surface area (Å²) in [6.45, 7) is 7.17. The number of alkyl carbamates (subject to hydrolysis) is 1. The highest BCUT2D eigenvalue weighted by atomic mass is 35.5. The smallest absolute Gasteiger partial charge is 0.407 e. The number of amides is 3. The summed E-state index contributed by atoms with van der Waals surface area (Å²) in [4.78, 5) is 56.8. The van der Waals surface area contributed by atoms with Crippen molar-refractivity contribution in [2.24, 2.45) is 5.92 Å². The summed E-state index contributed by atoms with van der Waals surface area (Å²) in [6, 6.07) is 8.77. The van der Waals surface area contributed by atoms with Crippen LogP contribution in [-0.4, -0.2) is 99.2 Å². The molecule has 53 heavy (non-hydrogen) atoms. The lowest BCUT2D eigenvalue weighted by Crippen LogP contribution is -2.53. The Morgan fingerprint density at radius 2 is 1.91 bits per heavy atom. The van der Waals surface area contributed by atoms with Gasteiger partial charge in [0.1, 0.15) is 34.6 Å². The van der Waals surface area contributed by atoms with Crippen molar-refractivity contribution in [3.05, 3.63) is 76.3 Å². The van der Waals surface area contributed by atoms with Crippen LogP contribution in [0.1, 0.15) is 56.5 Å². The number of methoxy groups -OCH3 is 2. The minimum Gasteiger partial charge on any atom is -0.495 e. The zero-order valence-corrected chi connectivity index (χ0v) is 32.1. The van der Waals surface area contributed by atoms with Crippen LogP contribution in [-0.2, 0) is 35.0 Å². The molecule has 286 valence electrons. The van der Waals surface area contributed by atoms with Crippen molar-refractivity contribution >= 4 is 46.9 Å². The van der Waals surface area contributed by atoms with Crippen LogP contribution in [0.3, 0.4) is 0 Å². The summed E-state index contributed by atoms with van der Waals surface area (Å²) in [6.07, 6.45) is 3.10. The van der Waals surface area contributed by atoms with E-state index in [0.717, 1.165) is 11.1 Å². The number of hydrogen-bond donors (Lipinski definition) is 2. The van der Waals surface area contributed by atoms with Gasteiger partial charge in [-0.25, -0.2) is 9.59 Å². The molecule has 0 aliphatic carbocycles. The van der Waals surface area contributed by atoms with Crippen LogP contribution in [0.2, 0.25) is 5.02 Å². The molecule has 2 saturated heterocycles. The molecule has 2 fully saturated rings. The number of hydrogen-bond acceptors (Lipinski definition) is 10. The van der Waals surface area contributed by atoms with Crippen LogP contribution in [0.25, 0.3) is 0 Å². The van der Waals surface area contributed by atoms with E-state index in [1.807, 2.05) is 44.2 Å². The fraction of sp³-hybridized carbons (Fsp3) is 0.487. The lowest BCUT2D eigenvalue weighted by atomic mass is 9.84. The summed E-state index contributed by atoms with van der Waals surface area (Å²) in [5, 5.41) is 3.12. The molecule has 2 aromatic carbocycles. The van der Waals surface area contributed by atoms with Crippen molar-refractivity contribution in [2.45, 2.75) is 89.1 Å². The van der Waals surface area contributed by atoms with Crippen LogP contribution in [0, 0.1) is 5.92 Å². The number of rotatable bonds is 6. The van der Waals surface area contributed by atoms with Gasteiger partial charge in [0.05, 0.1) is 43.0 Å². The minimum absolute atomic E-state index is 0.242. The molecule has 3 heterocycles. The molecule has 2 aromatic rings. The number of esters is 1. The Morgan fingerprint density at radius 3 is 2.58 bits per heavy atom. The van der Waals surface area contributed by atoms with Crippen molar-refractivity contribution in [1.29, 1.82) is 0 Å². The lowest BCUT2D eigenvalue weighted by molar-refractivity contribution is -0.158. The largest absolute Gasteiger partial charge is 0.495 e. The monoisotopic (exact) mass is 752 g/mol. The SMILES string of the molecule is COc1cc2cc(c1Cl)N(C)C(=O)C[C@H](OC(=O)[C@H](C)N(C)C(=O)c1ccccc1N)[C@]1(C)O[C@H]1[C@H](C)[C@@H]1CC(NC(=O)O1)[C@H](OC)/C=C/C=C(\C)C2. The molecule has 1 unspecified atom stereocenters. The van der Waals surface area contributed by atoms with Gasteiger partial charge in [-0.3, -0.25) is 9.59 Å². The molecule has 13 nitrogen and oxygen atoms in total. The standard InChI is InChI=1S/C39H49ClN4O9/c1-21-12-11-15-29(49-7)27-19-30(51-38(48)42-27)22(2)35-39(4,53-35)32(20-33(45)44(6)28-17-24(16-21)18-31(50-8)34(28)40)52-37(47)23(3)43(5)36(46)25-13-9-10-14-26(25)41/h9-15,17-18,22-23,27,29-30,32,35H,16,19-20,41H2,1-8H3,(H,42,48)/b15-11+,21-12+/t22-,23+,27?,29-,30+,32+,35+,39+/m1/s1. The highest BCUT2D eigenvalue weighted by Gasteiger charge is 2.64. The Labute approximate surface area is 315 Å². The summed E-state index contributed by atoms with van der Waals surface area (Å²) in [7, 11) is 6.16. The number of nitrogens with zero attached hydrogens (tertiary/aromatic N) is 2. The van der Waals surface area contributed by atoms with E-state index in [4.69, 9.17) is 41.0 Å². The van der Waals surface area contributed by atoms with Gasteiger partial charge in [-0.1, -0.05) is 54.5 Å². The van der Waals surface area contributed by atoms with Gasteiger partial charge in [0, 0.05) is 39.2 Å². The number of allylic oxidation sites excluding steroid dienone is 3. The highest BCUT2D eigenvalue weighted by molar-refractivity contribution is 6.35. The molecular formula is C39H49ClN4O9. The summed E-state index contributed by atoms with van der Waals surface area (Å²) >= 11 is 6.77. The Balaban J connectivity index is 1.51. The third-order valence-electron chi connectivity index (χ3n) is 10.6. The van der Waals surface area contributed by atoms with Gasteiger partial charge in [0.2, 0.25) is 5.91 Å². The highest BCUT2D eigenvalue weighted by Crippen LogP contribution is 2.49. The van der Waals surface area contributed by atoms with E-state index >= 15 is 0 Å². The molecule has 5 rings (SSSR count). The number of fused-ring (bicyclic) bond motifs is 5. The van der Waals surface area contributed by atoms with Crippen LogP contribution < -0.4 is 20.7 Å². The Morgan fingerprint density at radius 1 is 1.19 bits per heavy atom. The number of nitrogens with one attached hydrogen (secondary N) is 1. The van der Waals surface area contributed by atoms with Gasteiger partial charge in [-0.05, 0) is 57.0 Å². The van der Waals surface area contributed by atoms with Gasteiger partial charge in [-0.15, -0.1) is 0 Å². The average Bonchev–Trinajstić information content (AvgIpc) is 3.83. The Bertz CT molecular complexity index is 1800. The molecule has 4 bridgehead atoms. The Kier molecular flexibility index (Phi) is 12.1. The third kappa shape index (κ3) is 8.47. The predicted octanol–water partition coefficient (Wildman–Crippen LogP) is 5.09. The molecule has 0 aromatic heterocycles. The van der Waals surface area contributed by atoms with E-state index in [1.54, 1.807) is 45.3 Å². The van der Waals surface area contributed by atoms with E-state index in [1.165, 1.54) is 30.9 Å². The van der Waals surface area contributed by atoms with Crippen LogP contribution in [0.5, 0.6) is 5.75 Å². The van der Waals surface area contributed by atoms with Crippen LogP contribution >= 0.6 is 11.6 Å². The summed E-state index contributed by atoms with van der Waals surface area (Å²) < 4.78 is 29.6. The molecule has 3 aliphatic heterocycles. The lowest BCUT2D eigenvalue weighted by Gasteiger charge is -2.36. The van der Waals surface area contributed by atoms with Crippen molar-refractivity contribution in [1.82, 2.24) is 10.2 Å². The van der Waals surface area contributed by atoms with Gasteiger partial charge in [0.25, 0.3) is 5.91 Å². The molecular weight excluding hydrogens is 704 g/mol. The van der Waals surface area contributed by atoms with E-state index in [9.17, 15) is 19.2 Å². The van der Waals surface area contributed by atoms with E-state index < -0.39 is 66.0 Å². The molecule has 0 radical (unpaired) electrons. The first-order valence-corrected chi connectivity index (χ1v) is 17.9. The number of likely N-dealkylation sites (N-methyl/N-ethyl adjacent to an activating group) is 1. The van der Waals surface area contributed by atoms with Crippen LogP contribution in [0.15, 0.2) is 60.2 Å². The first-order valence-electron chi connectivity index (χ1n) is 17.6. The number of ether oxygens (including phenoxy) is 5. The quantitative estimate of drug-likeness (QED) is 0.231. The van der Waals surface area contributed by atoms with Gasteiger partial charge < -0.3 is 44.5 Å². The van der Waals surface area contributed by atoms with Crippen molar-refractivity contribution in [3.8, 4) is 5.75 Å². The topological polar surface area (TPSA) is 162 Å². The molecule has 3 aliphatic rings. The molecule has 8 atom stereocenters. The number of halogens is 1. The fourth-order valence-electron chi connectivity index (χ4n) is 7.01. The first-order chi connectivity index (χ1) is 25.1. The normalized spacial score (nSPS) is 29.7. The average molecular weight is 753 g/mol. The number of carbonyl (C=O) groups is 4. The molecule has 3 amide bonds. The molecule has 0 spiro atoms. The number of nitrogen functional groups attached to an aromatic ring is 1. The molecule has 0 saturated carbocycles. The molecule has 3 N–H and O–H groups in total. The van der Waals surface area contributed by atoms with Gasteiger partial charge >= 0.3 is 12.1 Å². The zero-order chi connectivity index (χ0) is 38.8. The zero-order valence-electron chi connectivity index (χ0n) is 31.4. The third-order valence-corrected chi connectivity index (χ3v) is 10.9. The Hall–Kier alpha value is -4.59. The van der Waals surface area contributed by atoms with Gasteiger partial charge in [-0.2, -0.15) is 0 Å². The maximum Gasteiger partial charge on any atom is 0.407 e. The number of para-hydroxylation sites is 1. The van der Waals surface area contributed by atoms with Crippen molar-refractivity contribution in [2.75, 3.05) is 38.9 Å². The second kappa shape index (κ2) is 16.2. The number of nitrogens with two attached hydrogens (primary N) is 1. The van der Waals surface area contributed by atoms with Crippen molar-refractivity contribution < 1.29 is 42.9 Å². The fourth-order valence-corrected chi connectivity index (χ4v) is 7.32.